The van der Waals surface area contributed by atoms with Crippen LogP contribution in [0.4, 0.5) is 0 Å². The molecule has 0 aliphatic heterocycles. The topological polar surface area (TPSA) is 69.9 Å². The molecule has 0 fully saturated rings. The number of rotatable bonds is 8. The minimum absolute atomic E-state index is 0.0911. The largest absolute Gasteiger partial charge is 0.493 e. The normalized spacial score (nSPS) is 11.6. The van der Waals surface area contributed by atoms with Crippen molar-refractivity contribution >= 4 is 22.8 Å². The molecule has 0 unspecified atom stereocenters. The first kappa shape index (κ1) is 20.5. The SMILES string of the molecule is COc1cc(C(=O)C(C)=Cc2ccc3c(ccn3CCO)c2)cc(OC)c1OC. The Bertz CT molecular complexity index is 1040. The Hall–Kier alpha value is -3.25. The van der Waals surface area contributed by atoms with Gasteiger partial charge in [-0.05, 0) is 54.5 Å². The van der Waals surface area contributed by atoms with Gasteiger partial charge in [0, 0.05) is 29.2 Å². The Kier molecular flexibility index (Phi) is 6.24. The Morgan fingerprint density at radius 1 is 1.03 bits per heavy atom. The summed E-state index contributed by atoms with van der Waals surface area (Å²) in [5.74, 6) is 1.21. The van der Waals surface area contributed by atoms with Gasteiger partial charge in [0.25, 0.3) is 0 Å². The van der Waals surface area contributed by atoms with Crippen LogP contribution in [0.2, 0.25) is 0 Å². The molecule has 6 heteroatoms. The van der Waals surface area contributed by atoms with Crippen LogP contribution >= 0.6 is 0 Å². The number of benzene rings is 2. The molecule has 1 aromatic heterocycles. The molecule has 0 spiro atoms. The van der Waals surface area contributed by atoms with Crippen LogP contribution in [0.3, 0.4) is 0 Å². The van der Waals surface area contributed by atoms with E-state index in [2.05, 4.69) is 0 Å². The van der Waals surface area contributed by atoms with Gasteiger partial charge >= 0.3 is 0 Å². The molecule has 3 aromatic rings. The number of aliphatic hydroxyl groups is 1. The van der Waals surface area contributed by atoms with E-state index in [9.17, 15) is 4.79 Å². The van der Waals surface area contributed by atoms with Crippen molar-refractivity contribution in [2.45, 2.75) is 13.5 Å². The monoisotopic (exact) mass is 395 g/mol. The van der Waals surface area contributed by atoms with Gasteiger partial charge in [0.2, 0.25) is 5.75 Å². The maximum Gasteiger partial charge on any atom is 0.203 e. The van der Waals surface area contributed by atoms with Gasteiger partial charge in [-0.15, -0.1) is 0 Å². The van der Waals surface area contributed by atoms with Crippen LogP contribution in [0.15, 0.2) is 48.2 Å². The van der Waals surface area contributed by atoms with E-state index < -0.39 is 0 Å². The summed E-state index contributed by atoms with van der Waals surface area (Å²) in [6.45, 7) is 2.43. The molecule has 0 aliphatic rings. The number of carbonyl (C=O) groups is 1. The highest BCUT2D eigenvalue weighted by molar-refractivity contribution is 6.11. The lowest BCUT2D eigenvalue weighted by atomic mass is 10.0. The minimum Gasteiger partial charge on any atom is -0.493 e. The summed E-state index contributed by atoms with van der Waals surface area (Å²) in [5.41, 5.74) is 3.03. The highest BCUT2D eigenvalue weighted by Crippen LogP contribution is 2.38. The summed E-state index contributed by atoms with van der Waals surface area (Å²) >= 11 is 0. The maximum atomic E-state index is 13.0. The summed E-state index contributed by atoms with van der Waals surface area (Å²) in [4.78, 5) is 13.0. The second-order valence-corrected chi connectivity index (χ2v) is 6.62. The lowest BCUT2D eigenvalue weighted by molar-refractivity contribution is 0.103. The van der Waals surface area contributed by atoms with Gasteiger partial charge < -0.3 is 23.9 Å². The molecule has 3 rings (SSSR count). The van der Waals surface area contributed by atoms with E-state index in [1.165, 1.54) is 21.3 Å². The number of aliphatic hydroxyl groups excluding tert-OH is 1. The van der Waals surface area contributed by atoms with Gasteiger partial charge in [-0.1, -0.05) is 6.07 Å². The lowest BCUT2D eigenvalue weighted by Gasteiger charge is -2.13. The standard InChI is InChI=1S/C23H25NO5/c1-15(11-16-5-6-19-17(12-16)7-8-24(19)9-10-25)22(26)18-13-20(27-2)23(29-4)21(14-18)28-3/h5-8,11-14,25H,9-10H2,1-4H3. The maximum absolute atomic E-state index is 13.0. The van der Waals surface area contributed by atoms with Crippen LogP contribution in [0.25, 0.3) is 17.0 Å². The third-order valence-corrected chi connectivity index (χ3v) is 4.80. The van der Waals surface area contributed by atoms with Crippen LogP contribution in [-0.2, 0) is 6.54 Å². The summed E-state index contributed by atoms with van der Waals surface area (Å²) in [6.07, 6.45) is 3.80. The summed E-state index contributed by atoms with van der Waals surface area (Å²) in [7, 11) is 4.57. The third-order valence-electron chi connectivity index (χ3n) is 4.80. The minimum atomic E-state index is -0.123. The fraction of sp³-hybridized carbons (Fsp3) is 0.261. The molecule has 0 bridgehead atoms. The molecule has 2 aromatic carbocycles. The molecule has 0 saturated carbocycles. The van der Waals surface area contributed by atoms with Crippen LogP contribution in [0.5, 0.6) is 17.2 Å². The number of hydrogen-bond donors (Lipinski definition) is 1. The van der Waals surface area contributed by atoms with Gasteiger partial charge in [-0.25, -0.2) is 0 Å². The Morgan fingerprint density at radius 3 is 2.31 bits per heavy atom. The van der Waals surface area contributed by atoms with Crippen molar-refractivity contribution in [1.29, 1.82) is 0 Å². The molecule has 0 saturated heterocycles. The number of nitrogens with zero attached hydrogens (tertiary/aromatic N) is 1. The van der Waals surface area contributed by atoms with Crippen LogP contribution in [0.1, 0.15) is 22.8 Å². The van der Waals surface area contributed by atoms with E-state index in [1.807, 2.05) is 41.1 Å². The molecule has 0 atom stereocenters. The van der Waals surface area contributed by atoms with Crippen molar-refractivity contribution < 1.29 is 24.1 Å². The van der Waals surface area contributed by atoms with E-state index in [0.717, 1.165) is 16.5 Å². The molecule has 152 valence electrons. The van der Waals surface area contributed by atoms with Crippen molar-refractivity contribution in [1.82, 2.24) is 4.57 Å². The summed E-state index contributed by atoms with van der Waals surface area (Å²) < 4.78 is 18.0. The molecule has 0 amide bonds. The zero-order valence-corrected chi connectivity index (χ0v) is 17.1. The van der Waals surface area contributed by atoms with Crippen molar-refractivity contribution in [2.75, 3.05) is 27.9 Å². The van der Waals surface area contributed by atoms with Crippen molar-refractivity contribution in [2.24, 2.45) is 0 Å². The van der Waals surface area contributed by atoms with E-state index in [1.54, 1.807) is 19.1 Å². The van der Waals surface area contributed by atoms with Crippen LogP contribution < -0.4 is 14.2 Å². The van der Waals surface area contributed by atoms with Crippen molar-refractivity contribution in [3.05, 3.63) is 59.3 Å². The van der Waals surface area contributed by atoms with E-state index in [4.69, 9.17) is 19.3 Å². The third kappa shape index (κ3) is 4.12. The Morgan fingerprint density at radius 2 is 1.72 bits per heavy atom. The average Bonchev–Trinajstić information content (AvgIpc) is 3.14. The fourth-order valence-corrected chi connectivity index (χ4v) is 3.37. The number of hydrogen-bond acceptors (Lipinski definition) is 5. The highest BCUT2D eigenvalue weighted by atomic mass is 16.5. The first-order valence-electron chi connectivity index (χ1n) is 9.25. The predicted octanol–water partition coefficient (Wildman–Crippen LogP) is 3.95. The number of carbonyl (C=O) groups excluding carboxylic acids is 1. The van der Waals surface area contributed by atoms with E-state index >= 15 is 0 Å². The van der Waals surface area contributed by atoms with Gasteiger partial charge in [0.1, 0.15) is 0 Å². The molecule has 6 nitrogen and oxygen atoms in total. The van der Waals surface area contributed by atoms with Gasteiger partial charge in [0.05, 0.1) is 27.9 Å². The molecule has 0 aliphatic carbocycles. The Balaban J connectivity index is 1.93. The van der Waals surface area contributed by atoms with Crippen molar-refractivity contribution in [3.63, 3.8) is 0 Å². The zero-order valence-electron chi connectivity index (χ0n) is 17.1. The van der Waals surface area contributed by atoms with Crippen LogP contribution in [-0.4, -0.2) is 43.4 Å². The van der Waals surface area contributed by atoms with E-state index in [-0.39, 0.29) is 12.4 Å². The second-order valence-electron chi connectivity index (χ2n) is 6.62. The molecule has 0 radical (unpaired) electrons. The molecular weight excluding hydrogens is 370 g/mol. The first-order chi connectivity index (χ1) is 14.0. The first-order valence-corrected chi connectivity index (χ1v) is 9.25. The van der Waals surface area contributed by atoms with Crippen molar-refractivity contribution in [3.8, 4) is 17.2 Å². The van der Waals surface area contributed by atoms with Crippen LogP contribution in [0, 0.1) is 0 Å². The van der Waals surface area contributed by atoms with Gasteiger partial charge in [-0.2, -0.15) is 0 Å². The number of fused-ring (bicyclic) bond motifs is 1. The summed E-state index contributed by atoms with van der Waals surface area (Å²) in [6, 6.07) is 11.3. The van der Waals surface area contributed by atoms with Gasteiger partial charge in [0.15, 0.2) is 17.3 Å². The van der Waals surface area contributed by atoms with Gasteiger partial charge in [-0.3, -0.25) is 4.79 Å². The predicted molar refractivity (Wildman–Crippen MR) is 113 cm³/mol. The molecule has 1 heterocycles. The molecule has 1 N–H and O–H groups in total. The average molecular weight is 395 g/mol. The smallest absolute Gasteiger partial charge is 0.203 e. The lowest BCUT2D eigenvalue weighted by Crippen LogP contribution is -2.04. The second kappa shape index (κ2) is 8.84. The highest BCUT2D eigenvalue weighted by Gasteiger charge is 2.18. The number of allylic oxidation sites excluding steroid dienone is 1. The quantitative estimate of drug-likeness (QED) is 0.462. The molecular formula is C23H25NO5. The number of methoxy groups -OCH3 is 3. The molecule has 29 heavy (non-hydrogen) atoms. The zero-order chi connectivity index (χ0) is 21.0. The number of ether oxygens (including phenoxy) is 3. The fourth-order valence-electron chi connectivity index (χ4n) is 3.37. The summed E-state index contributed by atoms with van der Waals surface area (Å²) in [5, 5.41) is 10.2. The van der Waals surface area contributed by atoms with E-state index in [0.29, 0.717) is 34.9 Å². The number of ketones is 1. The number of aromatic nitrogens is 1. The number of Topliss-reactive ketones (excluding diaryl/α,β-unsaturated/α-hetero) is 1. The Labute approximate surface area is 169 Å².